The summed E-state index contributed by atoms with van der Waals surface area (Å²) in [7, 11) is -2.64. The van der Waals surface area contributed by atoms with Gasteiger partial charge in [0.1, 0.15) is 0 Å². The molecule has 0 N–H and O–H groups in total. The van der Waals surface area contributed by atoms with Crippen LogP contribution >= 0.6 is 0 Å². The summed E-state index contributed by atoms with van der Waals surface area (Å²) in [6.45, 7) is 1.74. The lowest BCUT2D eigenvalue weighted by Gasteiger charge is -2.18. The fourth-order valence-corrected chi connectivity index (χ4v) is 5.49. The lowest BCUT2D eigenvalue weighted by Crippen LogP contribution is -2.23. The minimum Gasteiger partial charge on any atom is -0.381 e. The number of sulfone groups is 1. The topological polar surface area (TPSA) is 56.3 Å². The molecule has 0 amide bonds. The molecule has 146 valence electrons. The zero-order valence-corrected chi connectivity index (χ0v) is 15.8. The molecule has 2 atom stereocenters. The van der Waals surface area contributed by atoms with Crippen molar-refractivity contribution in [3.8, 4) is 11.1 Å². The maximum Gasteiger partial charge on any atom is 0.417 e. The van der Waals surface area contributed by atoms with Crippen molar-refractivity contribution < 1.29 is 26.3 Å². The second-order valence-corrected chi connectivity index (χ2v) is 8.93. The molecule has 1 aromatic heterocycles. The number of alkyl halides is 3. The van der Waals surface area contributed by atoms with Gasteiger partial charge in [-0.1, -0.05) is 6.07 Å². The molecule has 1 fully saturated rings. The first-order chi connectivity index (χ1) is 12.6. The largest absolute Gasteiger partial charge is 0.417 e. The van der Waals surface area contributed by atoms with Gasteiger partial charge in [-0.05, 0) is 61.6 Å². The second kappa shape index (κ2) is 7.24. The average molecular weight is 399 g/mol. The zero-order valence-electron chi connectivity index (χ0n) is 15.0. The number of nitrogens with zero attached hydrogens (tertiary/aromatic N) is 1. The smallest absolute Gasteiger partial charge is 0.381 e. The first-order valence-electron chi connectivity index (χ1n) is 8.54. The highest BCUT2D eigenvalue weighted by Crippen LogP contribution is 2.40. The van der Waals surface area contributed by atoms with Crippen LogP contribution in [0.1, 0.15) is 30.5 Å². The van der Waals surface area contributed by atoms with Crippen LogP contribution in [0.15, 0.2) is 41.4 Å². The molecule has 1 aliphatic rings. The molecule has 0 aliphatic heterocycles. The summed E-state index contributed by atoms with van der Waals surface area (Å²) in [5.41, 5.74) is 0.384. The van der Waals surface area contributed by atoms with E-state index in [0.717, 1.165) is 12.1 Å². The molecule has 0 radical (unpaired) electrons. The Labute approximate surface area is 156 Å². The lowest BCUT2D eigenvalue weighted by molar-refractivity contribution is -0.139. The molecular weight excluding hydrogens is 379 g/mol. The summed E-state index contributed by atoms with van der Waals surface area (Å²) in [5, 5.41) is -0.863. The number of methoxy groups -OCH3 is 1. The number of halogens is 3. The van der Waals surface area contributed by atoms with Gasteiger partial charge in [-0.15, -0.1) is 0 Å². The molecule has 0 bridgehead atoms. The Kier molecular flexibility index (Phi) is 5.31. The van der Waals surface area contributed by atoms with Gasteiger partial charge in [0, 0.05) is 19.0 Å². The molecule has 1 aromatic carbocycles. The van der Waals surface area contributed by atoms with Crippen molar-refractivity contribution in [1.29, 1.82) is 0 Å². The number of hydrogen-bond donors (Lipinski definition) is 0. The molecule has 0 unspecified atom stereocenters. The second-order valence-electron chi connectivity index (χ2n) is 6.73. The van der Waals surface area contributed by atoms with Crippen molar-refractivity contribution in [3.05, 3.63) is 47.8 Å². The van der Waals surface area contributed by atoms with Crippen molar-refractivity contribution in [2.24, 2.45) is 0 Å². The van der Waals surface area contributed by atoms with Gasteiger partial charge in [0.2, 0.25) is 0 Å². The van der Waals surface area contributed by atoms with Crippen LogP contribution in [0.4, 0.5) is 13.2 Å². The Morgan fingerprint density at radius 2 is 1.81 bits per heavy atom. The Hall–Kier alpha value is -1.93. The summed E-state index contributed by atoms with van der Waals surface area (Å²) >= 11 is 0. The van der Waals surface area contributed by atoms with Crippen LogP contribution in [0.2, 0.25) is 0 Å². The van der Waals surface area contributed by atoms with E-state index < -0.39 is 31.7 Å². The van der Waals surface area contributed by atoms with Gasteiger partial charge in [-0.3, -0.25) is 4.98 Å². The van der Waals surface area contributed by atoms with Crippen LogP contribution < -0.4 is 0 Å². The van der Waals surface area contributed by atoms with Crippen LogP contribution in [0.3, 0.4) is 0 Å². The third-order valence-electron chi connectivity index (χ3n) is 4.93. The average Bonchev–Trinajstić information content (AvgIpc) is 3.10. The molecule has 1 saturated carbocycles. The fourth-order valence-electron chi connectivity index (χ4n) is 3.48. The maximum absolute atomic E-state index is 13.7. The van der Waals surface area contributed by atoms with E-state index in [1.165, 1.54) is 19.4 Å². The SMILES string of the molecule is CO[C@H]1CC[C@@H](S(=O)(=O)c2ccc(-c3ccnc(C)c3)cc2C(F)(F)F)C1. The van der Waals surface area contributed by atoms with Crippen molar-refractivity contribution in [1.82, 2.24) is 4.98 Å². The first-order valence-corrected chi connectivity index (χ1v) is 10.1. The molecule has 2 aromatic rings. The maximum atomic E-state index is 13.7. The summed E-state index contributed by atoms with van der Waals surface area (Å²) in [6, 6.07) is 6.65. The highest BCUT2D eigenvalue weighted by molar-refractivity contribution is 7.92. The molecule has 1 heterocycles. The Morgan fingerprint density at radius 1 is 1.11 bits per heavy atom. The fraction of sp³-hybridized carbons (Fsp3) is 0.421. The lowest BCUT2D eigenvalue weighted by atomic mass is 10.0. The third kappa shape index (κ3) is 4.01. The van der Waals surface area contributed by atoms with E-state index in [4.69, 9.17) is 4.74 Å². The number of rotatable bonds is 4. The summed E-state index contributed by atoms with van der Waals surface area (Å²) in [6.07, 6.45) is -2.48. The van der Waals surface area contributed by atoms with E-state index in [2.05, 4.69) is 4.98 Å². The summed E-state index contributed by atoms with van der Waals surface area (Å²) < 4.78 is 72.0. The van der Waals surface area contributed by atoms with E-state index in [0.29, 0.717) is 29.7 Å². The number of ether oxygens (including phenoxy) is 1. The summed E-state index contributed by atoms with van der Waals surface area (Å²) in [4.78, 5) is 3.37. The Balaban J connectivity index is 2.08. The van der Waals surface area contributed by atoms with Crippen molar-refractivity contribution in [2.45, 2.75) is 48.6 Å². The van der Waals surface area contributed by atoms with Crippen molar-refractivity contribution in [3.63, 3.8) is 0 Å². The highest BCUT2D eigenvalue weighted by Gasteiger charge is 2.42. The van der Waals surface area contributed by atoms with Gasteiger partial charge in [0.05, 0.1) is 21.8 Å². The number of aromatic nitrogens is 1. The van der Waals surface area contributed by atoms with E-state index in [-0.39, 0.29) is 12.5 Å². The number of hydrogen-bond acceptors (Lipinski definition) is 4. The monoisotopic (exact) mass is 399 g/mol. The van der Waals surface area contributed by atoms with Crippen LogP contribution in [0.5, 0.6) is 0 Å². The predicted molar refractivity (Wildman–Crippen MR) is 95.0 cm³/mol. The van der Waals surface area contributed by atoms with E-state index in [1.807, 2.05) is 0 Å². The minimum atomic E-state index is -4.78. The van der Waals surface area contributed by atoms with Crippen LogP contribution in [-0.2, 0) is 20.8 Å². The van der Waals surface area contributed by atoms with Crippen molar-refractivity contribution in [2.75, 3.05) is 7.11 Å². The number of pyridine rings is 1. The first kappa shape index (κ1) is 19.8. The molecule has 4 nitrogen and oxygen atoms in total. The Bertz CT molecular complexity index is 941. The van der Waals surface area contributed by atoms with Crippen LogP contribution in [0, 0.1) is 6.92 Å². The molecule has 3 rings (SSSR count). The summed E-state index contributed by atoms with van der Waals surface area (Å²) in [5.74, 6) is 0. The quantitative estimate of drug-likeness (QED) is 0.764. The van der Waals surface area contributed by atoms with Gasteiger partial charge in [-0.25, -0.2) is 8.42 Å². The van der Waals surface area contributed by atoms with Gasteiger partial charge in [0.15, 0.2) is 9.84 Å². The van der Waals surface area contributed by atoms with E-state index in [1.54, 1.807) is 19.1 Å². The molecular formula is C19H20F3NO3S. The number of benzene rings is 1. The zero-order chi connectivity index (χ0) is 19.8. The predicted octanol–water partition coefficient (Wildman–Crippen LogP) is 4.42. The highest BCUT2D eigenvalue weighted by atomic mass is 32.2. The van der Waals surface area contributed by atoms with Gasteiger partial charge >= 0.3 is 6.18 Å². The molecule has 0 spiro atoms. The van der Waals surface area contributed by atoms with Crippen LogP contribution in [-0.4, -0.2) is 31.9 Å². The van der Waals surface area contributed by atoms with Crippen LogP contribution in [0.25, 0.3) is 11.1 Å². The molecule has 1 aliphatic carbocycles. The third-order valence-corrected chi connectivity index (χ3v) is 7.20. The van der Waals surface area contributed by atoms with E-state index in [9.17, 15) is 21.6 Å². The molecule has 27 heavy (non-hydrogen) atoms. The van der Waals surface area contributed by atoms with Crippen molar-refractivity contribution >= 4 is 9.84 Å². The van der Waals surface area contributed by atoms with Gasteiger partial charge in [0.25, 0.3) is 0 Å². The standard InChI is InChI=1S/C19H20F3NO3S/c1-12-9-14(7-8-23-12)13-3-6-18(17(10-13)19(20,21)22)27(24,25)16-5-4-15(11-16)26-2/h3,6-10,15-16H,4-5,11H2,1-2H3/t15-,16+/m0/s1. The minimum absolute atomic E-state index is 0.210. The number of aryl methyl sites for hydroxylation is 1. The van der Waals surface area contributed by atoms with E-state index >= 15 is 0 Å². The molecule has 8 heteroatoms. The normalized spacial score (nSPS) is 20.8. The van der Waals surface area contributed by atoms with Gasteiger partial charge < -0.3 is 4.74 Å². The Morgan fingerprint density at radius 3 is 2.41 bits per heavy atom. The van der Waals surface area contributed by atoms with Gasteiger partial charge in [-0.2, -0.15) is 13.2 Å². The molecule has 0 saturated heterocycles.